The smallest absolute Gasteiger partial charge is 0.0159 e. The van der Waals surface area contributed by atoms with Crippen molar-refractivity contribution in [3.63, 3.8) is 0 Å². The summed E-state index contributed by atoms with van der Waals surface area (Å²) in [7, 11) is 0. The number of rotatable bonds is 0. The first kappa shape index (κ1) is 17.0. The maximum atomic E-state index is 2.53. The van der Waals surface area contributed by atoms with Crippen LogP contribution in [-0.4, -0.2) is 0 Å². The van der Waals surface area contributed by atoms with Crippen LogP contribution in [0.15, 0.2) is 66.7 Å². The Kier molecular flexibility index (Phi) is 3.05. The predicted molar refractivity (Wildman–Crippen MR) is 124 cm³/mol. The molecule has 0 nitrogen and oxygen atoms in total. The van der Waals surface area contributed by atoms with Gasteiger partial charge in [0, 0.05) is 10.8 Å². The third-order valence-electron chi connectivity index (χ3n) is 7.59. The van der Waals surface area contributed by atoms with Gasteiger partial charge in [-0.1, -0.05) is 88.4 Å². The molecule has 0 bridgehead atoms. The Morgan fingerprint density at radius 2 is 1.21 bits per heavy atom. The Labute approximate surface area is 173 Å². The summed E-state index contributed by atoms with van der Waals surface area (Å²) in [5.41, 5.74) is 13.0. The zero-order chi connectivity index (χ0) is 20.1. The molecule has 0 amide bonds. The molecule has 0 aromatic heterocycles. The maximum Gasteiger partial charge on any atom is 0.0159 e. The van der Waals surface area contributed by atoms with Crippen LogP contribution in [0.25, 0.3) is 33.0 Å². The Hall–Kier alpha value is -2.86. The summed E-state index contributed by atoms with van der Waals surface area (Å²) >= 11 is 0. The molecule has 0 saturated carbocycles. The lowest BCUT2D eigenvalue weighted by atomic mass is 9.77. The van der Waals surface area contributed by atoms with E-state index >= 15 is 0 Å². The van der Waals surface area contributed by atoms with E-state index in [2.05, 4.69) is 101 Å². The molecular formula is C29H26. The molecule has 142 valence electrons. The lowest BCUT2D eigenvalue weighted by Gasteiger charge is -2.25. The fourth-order valence-electron chi connectivity index (χ4n) is 5.97. The van der Waals surface area contributed by atoms with E-state index in [1.807, 2.05) is 0 Å². The number of hydrogen-bond donors (Lipinski definition) is 0. The van der Waals surface area contributed by atoms with Gasteiger partial charge in [0.15, 0.2) is 0 Å². The minimum Gasteiger partial charge on any atom is -0.0617 e. The summed E-state index contributed by atoms with van der Waals surface area (Å²) < 4.78 is 0. The normalized spacial score (nSPS) is 17.0. The highest BCUT2D eigenvalue weighted by Crippen LogP contribution is 2.57. The van der Waals surface area contributed by atoms with Gasteiger partial charge in [-0.2, -0.15) is 0 Å². The van der Waals surface area contributed by atoms with E-state index in [1.54, 1.807) is 0 Å². The van der Waals surface area contributed by atoms with Crippen molar-refractivity contribution in [3.8, 4) is 22.3 Å². The third-order valence-corrected chi connectivity index (χ3v) is 7.59. The van der Waals surface area contributed by atoms with Crippen molar-refractivity contribution in [3.05, 3.63) is 94.5 Å². The fourth-order valence-corrected chi connectivity index (χ4v) is 5.97. The Bertz CT molecular complexity index is 1350. The molecular weight excluding hydrogens is 348 g/mol. The largest absolute Gasteiger partial charge is 0.0617 e. The highest BCUT2D eigenvalue weighted by atomic mass is 14.4. The highest BCUT2D eigenvalue weighted by molar-refractivity contribution is 6.04. The summed E-state index contributed by atoms with van der Waals surface area (Å²) in [4.78, 5) is 0. The monoisotopic (exact) mass is 374 g/mol. The number of aryl methyl sites for hydroxylation is 1. The van der Waals surface area contributed by atoms with Crippen molar-refractivity contribution in [1.29, 1.82) is 0 Å². The number of hydrogen-bond acceptors (Lipinski definition) is 0. The van der Waals surface area contributed by atoms with Gasteiger partial charge in [0.25, 0.3) is 0 Å². The molecule has 0 radical (unpaired) electrons. The van der Waals surface area contributed by atoms with Crippen LogP contribution in [0.1, 0.15) is 55.5 Å². The fraction of sp³-hybridized carbons (Fsp3) is 0.241. The summed E-state index contributed by atoms with van der Waals surface area (Å²) in [5, 5.41) is 2.70. The molecule has 4 aromatic carbocycles. The summed E-state index contributed by atoms with van der Waals surface area (Å²) in [6.07, 6.45) is 0. The van der Waals surface area contributed by atoms with E-state index in [0.717, 1.165) is 0 Å². The number of fused-ring (bicyclic) bond motifs is 8. The zero-order valence-electron chi connectivity index (χ0n) is 17.9. The van der Waals surface area contributed by atoms with Crippen LogP contribution < -0.4 is 0 Å². The van der Waals surface area contributed by atoms with Gasteiger partial charge in [0.2, 0.25) is 0 Å². The lowest BCUT2D eigenvalue weighted by Crippen LogP contribution is -2.18. The summed E-state index contributed by atoms with van der Waals surface area (Å²) in [5.74, 6) is 0. The van der Waals surface area contributed by atoms with Crippen LogP contribution in [0.2, 0.25) is 0 Å². The zero-order valence-corrected chi connectivity index (χ0v) is 17.9. The molecule has 0 atom stereocenters. The SMILES string of the molecule is Cc1cccc2c1-c1cc3c(cc1C2(C)C)C(C)(C)c1ccc2ccccc2c1-3. The molecule has 0 aliphatic heterocycles. The van der Waals surface area contributed by atoms with Gasteiger partial charge < -0.3 is 0 Å². The van der Waals surface area contributed by atoms with Gasteiger partial charge in [-0.3, -0.25) is 0 Å². The van der Waals surface area contributed by atoms with Gasteiger partial charge in [-0.15, -0.1) is 0 Å². The molecule has 0 heteroatoms. The van der Waals surface area contributed by atoms with E-state index in [0.29, 0.717) is 0 Å². The molecule has 0 saturated heterocycles. The van der Waals surface area contributed by atoms with Gasteiger partial charge in [0.05, 0.1) is 0 Å². The van der Waals surface area contributed by atoms with Gasteiger partial charge in [0.1, 0.15) is 0 Å². The topological polar surface area (TPSA) is 0 Å². The van der Waals surface area contributed by atoms with Crippen LogP contribution in [-0.2, 0) is 10.8 Å². The van der Waals surface area contributed by atoms with Crippen molar-refractivity contribution < 1.29 is 0 Å². The molecule has 4 aromatic rings. The molecule has 0 unspecified atom stereocenters. The van der Waals surface area contributed by atoms with E-state index in [-0.39, 0.29) is 10.8 Å². The van der Waals surface area contributed by atoms with E-state index in [4.69, 9.17) is 0 Å². The molecule has 2 aliphatic rings. The predicted octanol–water partition coefficient (Wildman–Crippen LogP) is 7.76. The van der Waals surface area contributed by atoms with E-state index in [1.165, 1.54) is 60.8 Å². The van der Waals surface area contributed by atoms with Crippen molar-refractivity contribution in [2.75, 3.05) is 0 Å². The Balaban J connectivity index is 1.76. The summed E-state index contributed by atoms with van der Waals surface area (Å²) in [6.45, 7) is 11.8. The van der Waals surface area contributed by atoms with Crippen LogP contribution in [0.5, 0.6) is 0 Å². The first-order valence-electron chi connectivity index (χ1n) is 10.6. The minimum absolute atomic E-state index is 0.0175. The average Bonchev–Trinajstić information content (AvgIpc) is 3.07. The Morgan fingerprint density at radius 1 is 0.552 bits per heavy atom. The highest BCUT2D eigenvalue weighted by Gasteiger charge is 2.42. The summed E-state index contributed by atoms with van der Waals surface area (Å²) in [6, 6.07) is 25.3. The van der Waals surface area contributed by atoms with Crippen molar-refractivity contribution in [1.82, 2.24) is 0 Å². The van der Waals surface area contributed by atoms with Crippen LogP contribution in [0.3, 0.4) is 0 Å². The molecule has 0 spiro atoms. The second-order valence-corrected chi connectivity index (χ2v) is 9.90. The molecule has 2 aliphatic carbocycles. The molecule has 0 heterocycles. The van der Waals surface area contributed by atoms with Crippen molar-refractivity contribution >= 4 is 10.8 Å². The van der Waals surface area contributed by atoms with Gasteiger partial charge in [-0.25, -0.2) is 0 Å². The maximum absolute atomic E-state index is 2.53. The third kappa shape index (κ3) is 1.95. The number of benzene rings is 4. The van der Waals surface area contributed by atoms with E-state index in [9.17, 15) is 0 Å². The first-order chi connectivity index (χ1) is 13.8. The molecule has 0 N–H and O–H groups in total. The molecule has 0 fully saturated rings. The van der Waals surface area contributed by atoms with Gasteiger partial charge in [-0.05, 0) is 73.8 Å². The van der Waals surface area contributed by atoms with Crippen LogP contribution >= 0.6 is 0 Å². The standard InChI is InChI=1S/C29H26/c1-17-9-8-12-22-26(17)20-15-21-25(16-24(20)28(22,2)3)29(4,5)23-14-13-18-10-6-7-11-19(18)27(21)23/h6-16H,1-5H3. The average molecular weight is 375 g/mol. The van der Waals surface area contributed by atoms with Crippen LogP contribution in [0, 0.1) is 6.92 Å². The second kappa shape index (κ2) is 5.19. The minimum atomic E-state index is 0.0175. The van der Waals surface area contributed by atoms with E-state index < -0.39 is 0 Å². The second-order valence-electron chi connectivity index (χ2n) is 9.90. The van der Waals surface area contributed by atoms with Crippen molar-refractivity contribution in [2.24, 2.45) is 0 Å². The quantitative estimate of drug-likeness (QED) is 0.295. The molecule has 6 rings (SSSR count). The first-order valence-corrected chi connectivity index (χ1v) is 10.6. The Morgan fingerprint density at radius 3 is 1.97 bits per heavy atom. The van der Waals surface area contributed by atoms with Crippen LogP contribution in [0.4, 0.5) is 0 Å². The van der Waals surface area contributed by atoms with Crippen molar-refractivity contribution in [2.45, 2.75) is 45.4 Å². The molecule has 29 heavy (non-hydrogen) atoms. The van der Waals surface area contributed by atoms with Gasteiger partial charge >= 0.3 is 0 Å². The lowest BCUT2D eigenvalue weighted by molar-refractivity contribution is 0.639.